The summed E-state index contributed by atoms with van der Waals surface area (Å²) in [6.07, 6.45) is 7.22. The third-order valence-electron chi connectivity index (χ3n) is 3.67. The van der Waals surface area contributed by atoms with Gasteiger partial charge in [0.15, 0.2) is 0 Å². The maximum Gasteiger partial charge on any atom is 0.133 e. The lowest BCUT2D eigenvalue weighted by molar-refractivity contribution is 0.679. The van der Waals surface area contributed by atoms with Crippen LogP contribution in [0.15, 0.2) is 16.7 Å². The van der Waals surface area contributed by atoms with E-state index in [-0.39, 0.29) is 0 Å². The second-order valence-electron chi connectivity index (χ2n) is 5.31. The highest BCUT2D eigenvalue weighted by atomic mass is 79.9. The van der Waals surface area contributed by atoms with Gasteiger partial charge in [0.2, 0.25) is 0 Å². The number of pyridine rings is 1. The minimum Gasteiger partial charge on any atom is -0.354 e. The first-order chi connectivity index (χ1) is 8.78. The molecule has 1 aromatic heterocycles. The molecule has 0 bridgehead atoms. The third-order valence-corrected chi connectivity index (χ3v) is 4.10. The van der Waals surface area contributed by atoms with E-state index in [1.807, 2.05) is 6.20 Å². The fourth-order valence-electron chi connectivity index (χ4n) is 2.37. The molecular weight excluding hydrogens is 290 g/mol. The Hall–Kier alpha value is -0.610. The van der Waals surface area contributed by atoms with Crippen molar-refractivity contribution in [2.45, 2.75) is 51.2 Å². The van der Waals surface area contributed by atoms with Crippen LogP contribution in [-0.2, 0) is 6.54 Å². The van der Waals surface area contributed by atoms with Crippen molar-refractivity contribution < 1.29 is 0 Å². The number of halogens is 1. The zero-order valence-corrected chi connectivity index (χ0v) is 12.4. The van der Waals surface area contributed by atoms with E-state index in [4.69, 9.17) is 0 Å². The lowest BCUT2D eigenvalue weighted by Crippen LogP contribution is -2.28. The smallest absolute Gasteiger partial charge is 0.133 e. The molecule has 1 N–H and O–H groups in total. The SMILES string of the molecule is CCN(c1ncc(Br)cc1CNC1CC1)C1CC1. The number of nitrogens with zero attached hydrogens (tertiary/aromatic N) is 2. The molecule has 3 rings (SSSR count). The molecule has 0 aliphatic heterocycles. The van der Waals surface area contributed by atoms with Gasteiger partial charge in [-0.05, 0) is 54.6 Å². The molecule has 1 heterocycles. The molecule has 18 heavy (non-hydrogen) atoms. The van der Waals surface area contributed by atoms with Crippen LogP contribution < -0.4 is 10.2 Å². The van der Waals surface area contributed by atoms with Crippen molar-refractivity contribution in [2.75, 3.05) is 11.4 Å². The molecule has 0 spiro atoms. The topological polar surface area (TPSA) is 28.2 Å². The third kappa shape index (κ3) is 2.86. The zero-order chi connectivity index (χ0) is 12.5. The van der Waals surface area contributed by atoms with Crippen LogP contribution in [0.25, 0.3) is 0 Å². The monoisotopic (exact) mass is 309 g/mol. The van der Waals surface area contributed by atoms with Crippen LogP contribution in [-0.4, -0.2) is 23.6 Å². The standard InChI is InChI=1S/C14H20BrN3/c1-2-18(13-5-6-13)14-10(7-11(15)9-17-14)8-16-12-3-4-12/h7,9,12-13,16H,2-6,8H2,1H3. The lowest BCUT2D eigenvalue weighted by Gasteiger charge is -2.24. The highest BCUT2D eigenvalue weighted by molar-refractivity contribution is 9.10. The first kappa shape index (κ1) is 12.4. The lowest BCUT2D eigenvalue weighted by atomic mass is 10.2. The van der Waals surface area contributed by atoms with E-state index >= 15 is 0 Å². The van der Waals surface area contributed by atoms with Crippen LogP contribution >= 0.6 is 15.9 Å². The number of aromatic nitrogens is 1. The maximum atomic E-state index is 4.65. The normalized spacial score (nSPS) is 19.0. The van der Waals surface area contributed by atoms with Crippen LogP contribution in [0.5, 0.6) is 0 Å². The molecule has 0 amide bonds. The molecule has 2 aliphatic carbocycles. The molecule has 2 fully saturated rings. The second kappa shape index (κ2) is 5.17. The van der Waals surface area contributed by atoms with Crippen molar-refractivity contribution in [1.82, 2.24) is 10.3 Å². The van der Waals surface area contributed by atoms with E-state index in [0.717, 1.165) is 29.6 Å². The van der Waals surface area contributed by atoms with Gasteiger partial charge in [0.25, 0.3) is 0 Å². The zero-order valence-electron chi connectivity index (χ0n) is 10.8. The highest BCUT2D eigenvalue weighted by Crippen LogP contribution is 2.33. The molecule has 1 aromatic rings. The molecule has 0 radical (unpaired) electrons. The molecule has 0 unspecified atom stereocenters. The van der Waals surface area contributed by atoms with Crippen LogP contribution in [0.2, 0.25) is 0 Å². The molecule has 2 saturated carbocycles. The number of hydrogen-bond donors (Lipinski definition) is 1. The summed E-state index contributed by atoms with van der Waals surface area (Å²) in [5.41, 5.74) is 1.32. The molecule has 2 aliphatic rings. The summed E-state index contributed by atoms with van der Waals surface area (Å²) in [5, 5.41) is 3.59. The van der Waals surface area contributed by atoms with Crippen LogP contribution in [0, 0.1) is 0 Å². The van der Waals surface area contributed by atoms with Gasteiger partial charge in [-0.3, -0.25) is 0 Å². The number of anilines is 1. The molecule has 0 saturated heterocycles. The largest absolute Gasteiger partial charge is 0.354 e. The van der Waals surface area contributed by atoms with E-state index in [2.05, 4.69) is 44.1 Å². The minimum atomic E-state index is 0.725. The number of rotatable bonds is 6. The van der Waals surface area contributed by atoms with Gasteiger partial charge in [-0.25, -0.2) is 4.98 Å². The van der Waals surface area contributed by atoms with Crippen molar-refractivity contribution in [3.8, 4) is 0 Å². The van der Waals surface area contributed by atoms with Crippen molar-refractivity contribution in [2.24, 2.45) is 0 Å². The molecular formula is C14H20BrN3. The van der Waals surface area contributed by atoms with Gasteiger partial charge in [0.1, 0.15) is 5.82 Å². The van der Waals surface area contributed by atoms with Gasteiger partial charge < -0.3 is 10.2 Å². The average Bonchev–Trinajstić information content (AvgIpc) is 3.24. The van der Waals surface area contributed by atoms with Gasteiger partial charge in [-0.15, -0.1) is 0 Å². The number of hydrogen-bond acceptors (Lipinski definition) is 3. The summed E-state index contributed by atoms with van der Waals surface area (Å²) >= 11 is 3.53. The molecule has 3 nitrogen and oxygen atoms in total. The van der Waals surface area contributed by atoms with E-state index in [0.29, 0.717) is 0 Å². The predicted octanol–water partition coefficient (Wildman–Crippen LogP) is 3.08. The van der Waals surface area contributed by atoms with E-state index < -0.39 is 0 Å². The van der Waals surface area contributed by atoms with E-state index in [9.17, 15) is 0 Å². The van der Waals surface area contributed by atoms with Crippen molar-refractivity contribution in [1.29, 1.82) is 0 Å². The summed E-state index contributed by atoms with van der Waals surface area (Å²) < 4.78 is 1.07. The Bertz CT molecular complexity index is 427. The number of nitrogens with one attached hydrogen (secondary N) is 1. The van der Waals surface area contributed by atoms with Crippen molar-refractivity contribution in [3.05, 3.63) is 22.3 Å². The van der Waals surface area contributed by atoms with Crippen LogP contribution in [0.3, 0.4) is 0 Å². The van der Waals surface area contributed by atoms with Gasteiger partial charge in [-0.2, -0.15) is 0 Å². The first-order valence-corrected chi connectivity index (χ1v) is 7.71. The van der Waals surface area contributed by atoms with Crippen LogP contribution in [0.1, 0.15) is 38.2 Å². The minimum absolute atomic E-state index is 0.725. The molecule has 98 valence electrons. The van der Waals surface area contributed by atoms with Crippen molar-refractivity contribution >= 4 is 21.7 Å². The first-order valence-electron chi connectivity index (χ1n) is 6.92. The van der Waals surface area contributed by atoms with Gasteiger partial charge in [-0.1, -0.05) is 0 Å². The van der Waals surface area contributed by atoms with Crippen LogP contribution in [0.4, 0.5) is 5.82 Å². The summed E-state index contributed by atoms with van der Waals surface area (Å²) in [6, 6.07) is 3.68. The summed E-state index contributed by atoms with van der Waals surface area (Å²) in [7, 11) is 0. The van der Waals surface area contributed by atoms with E-state index in [1.165, 1.54) is 37.1 Å². The Morgan fingerprint density at radius 1 is 1.39 bits per heavy atom. The Labute approximate surface area is 117 Å². The van der Waals surface area contributed by atoms with Gasteiger partial charge in [0.05, 0.1) is 0 Å². The Balaban J connectivity index is 1.80. The van der Waals surface area contributed by atoms with Crippen molar-refractivity contribution in [3.63, 3.8) is 0 Å². The predicted molar refractivity (Wildman–Crippen MR) is 77.8 cm³/mol. The van der Waals surface area contributed by atoms with Gasteiger partial charge >= 0.3 is 0 Å². The molecule has 0 aromatic carbocycles. The Morgan fingerprint density at radius 2 is 2.17 bits per heavy atom. The summed E-state index contributed by atoms with van der Waals surface area (Å²) in [6.45, 7) is 4.21. The average molecular weight is 310 g/mol. The fraction of sp³-hybridized carbons (Fsp3) is 0.643. The summed E-state index contributed by atoms with van der Waals surface area (Å²) in [4.78, 5) is 7.10. The van der Waals surface area contributed by atoms with Gasteiger partial charge in [0, 0.05) is 41.4 Å². The highest BCUT2D eigenvalue weighted by Gasteiger charge is 2.30. The fourth-order valence-corrected chi connectivity index (χ4v) is 2.75. The molecule has 0 atom stereocenters. The Morgan fingerprint density at radius 3 is 2.78 bits per heavy atom. The Kier molecular flexibility index (Phi) is 3.57. The quantitative estimate of drug-likeness (QED) is 0.875. The maximum absolute atomic E-state index is 4.65. The second-order valence-corrected chi connectivity index (χ2v) is 6.22. The molecule has 4 heteroatoms. The van der Waals surface area contributed by atoms with E-state index in [1.54, 1.807) is 0 Å². The summed E-state index contributed by atoms with van der Waals surface area (Å²) in [5.74, 6) is 1.18.